The Morgan fingerprint density at radius 1 is 1.16 bits per heavy atom. The van der Waals surface area contributed by atoms with Gasteiger partial charge in [0.1, 0.15) is 17.1 Å². The monoisotopic (exact) mass is 446 g/mol. The highest BCUT2D eigenvalue weighted by molar-refractivity contribution is 5.92. The second kappa shape index (κ2) is 16.1. The lowest BCUT2D eigenvalue weighted by Gasteiger charge is -2.16. The van der Waals surface area contributed by atoms with Crippen LogP contribution in [0.2, 0.25) is 0 Å². The number of para-hydroxylation sites is 1. The normalized spacial score (nSPS) is 17.7. The van der Waals surface area contributed by atoms with Gasteiger partial charge in [0.2, 0.25) is 0 Å². The number of aromatic hydroxyl groups is 1. The lowest BCUT2D eigenvalue weighted by atomic mass is 9.88. The van der Waals surface area contributed by atoms with Gasteiger partial charge in [0.25, 0.3) is 0 Å². The van der Waals surface area contributed by atoms with E-state index < -0.39 is 5.97 Å². The van der Waals surface area contributed by atoms with Crippen LogP contribution in [-0.4, -0.2) is 36.5 Å². The minimum atomic E-state index is -0.483. The molecule has 1 aromatic carbocycles. The highest BCUT2D eigenvalue weighted by Crippen LogP contribution is 2.35. The van der Waals surface area contributed by atoms with Crippen molar-refractivity contribution in [2.75, 3.05) is 13.7 Å². The standard InChI is InChI=1S/C13H22O3.C13H16O3/c1-3-4-5-6-11-10(7-8-12(11)14)9-13(15)16-2;1-2-3-4-7-10-16-13(15)11-8-5-6-9-12(11)14/h10-11H,3-9H2,1-2H3;3-6,8-9,14H,2,7,10H2,1H3/b;4-3-. The number of hydrogen-bond acceptors (Lipinski definition) is 6. The van der Waals surface area contributed by atoms with Gasteiger partial charge in [-0.25, -0.2) is 4.79 Å². The molecule has 0 amide bonds. The molecule has 1 aliphatic rings. The van der Waals surface area contributed by atoms with Crippen molar-refractivity contribution in [1.82, 2.24) is 0 Å². The molecule has 0 aromatic heterocycles. The summed E-state index contributed by atoms with van der Waals surface area (Å²) < 4.78 is 9.68. The summed E-state index contributed by atoms with van der Waals surface area (Å²) in [6.07, 6.45) is 12.0. The van der Waals surface area contributed by atoms with Gasteiger partial charge in [-0.1, -0.05) is 57.4 Å². The van der Waals surface area contributed by atoms with E-state index in [1.165, 1.54) is 26.0 Å². The number of phenols is 1. The second-order valence-corrected chi connectivity index (χ2v) is 7.97. The Hall–Kier alpha value is -2.63. The van der Waals surface area contributed by atoms with E-state index in [1.807, 2.05) is 19.1 Å². The quantitative estimate of drug-likeness (QED) is 0.269. The topological polar surface area (TPSA) is 89.9 Å². The number of phenolic OH excluding ortho intramolecular Hbond substituents is 1. The van der Waals surface area contributed by atoms with Crippen LogP contribution in [0, 0.1) is 11.8 Å². The number of ether oxygens (including phenoxy) is 2. The smallest absolute Gasteiger partial charge is 0.341 e. The highest BCUT2D eigenvalue weighted by Gasteiger charge is 2.35. The zero-order chi connectivity index (χ0) is 23.8. The molecule has 32 heavy (non-hydrogen) atoms. The SMILES string of the molecule is CC/C=C\CCOC(=O)c1ccccc1O.CCCCCC1C(=O)CCC1CC(=O)OC. The minimum absolute atomic E-state index is 0.0448. The Labute approximate surface area is 192 Å². The van der Waals surface area contributed by atoms with Crippen LogP contribution < -0.4 is 0 Å². The molecule has 0 spiro atoms. The minimum Gasteiger partial charge on any atom is -0.507 e. The summed E-state index contributed by atoms with van der Waals surface area (Å²) in [5.41, 5.74) is 0.210. The van der Waals surface area contributed by atoms with Gasteiger partial charge in [-0.15, -0.1) is 0 Å². The molecule has 1 fully saturated rings. The van der Waals surface area contributed by atoms with Crippen molar-refractivity contribution in [2.24, 2.45) is 11.8 Å². The molecule has 2 atom stereocenters. The number of ketones is 1. The summed E-state index contributed by atoms with van der Waals surface area (Å²) in [5, 5.41) is 9.41. The van der Waals surface area contributed by atoms with Crippen LogP contribution in [0.5, 0.6) is 5.75 Å². The third-order valence-corrected chi connectivity index (χ3v) is 5.56. The number of carbonyl (C=O) groups excluding carboxylic acids is 3. The predicted molar refractivity (Wildman–Crippen MR) is 124 cm³/mol. The van der Waals surface area contributed by atoms with Crippen LogP contribution in [0.15, 0.2) is 36.4 Å². The van der Waals surface area contributed by atoms with Gasteiger partial charge in [0.05, 0.1) is 13.7 Å². The third kappa shape index (κ3) is 10.1. The molecule has 6 nitrogen and oxygen atoms in total. The largest absolute Gasteiger partial charge is 0.507 e. The second-order valence-electron chi connectivity index (χ2n) is 7.97. The van der Waals surface area contributed by atoms with Crippen LogP contribution in [0.1, 0.15) is 82.0 Å². The van der Waals surface area contributed by atoms with Crippen molar-refractivity contribution in [3.63, 3.8) is 0 Å². The number of unbranched alkanes of at least 4 members (excludes halogenated alkanes) is 2. The zero-order valence-electron chi connectivity index (χ0n) is 19.7. The Morgan fingerprint density at radius 3 is 2.56 bits per heavy atom. The lowest BCUT2D eigenvalue weighted by Crippen LogP contribution is -2.18. The predicted octanol–water partition coefficient (Wildman–Crippen LogP) is 5.63. The molecule has 6 heteroatoms. The number of allylic oxidation sites excluding steroid dienone is 1. The molecule has 0 radical (unpaired) electrons. The van der Waals surface area contributed by atoms with Gasteiger partial charge in [-0.3, -0.25) is 9.59 Å². The Bertz CT molecular complexity index is 740. The summed E-state index contributed by atoms with van der Waals surface area (Å²) in [4.78, 5) is 34.4. The average molecular weight is 447 g/mol. The molecular formula is C26H38O6. The van der Waals surface area contributed by atoms with Crippen LogP contribution in [0.4, 0.5) is 0 Å². The molecule has 2 rings (SSSR count). The van der Waals surface area contributed by atoms with Gasteiger partial charge in [0, 0.05) is 18.8 Å². The summed E-state index contributed by atoms with van der Waals surface area (Å²) >= 11 is 0. The Kier molecular flexibility index (Phi) is 13.8. The summed E-state index contributed by atoms with van der Waals surface area (Å²) in [6.45, 7) is 4.54. The van der Waals surface area contributed by atoms with E-state index in [2.05, 4.69) is 11.7 Å². The number of rotatable bonds is 11. The first-order valence-electron chi connectivity index (χ1n) is 11.6. The van der Waals surface area contributed by atoms with E-state index in [9.17, 15) is 19.5 Å². The van der Waals surface area contributed by atoms with E-state index in [0.717, 1.165) is 25.7 Å². The van der Waals surface area contributed by atoms with Crippen LogP contribution in [0.25, 0.3) is 0 Å². The molecule has 1 N–H and O–H groups in total. The zero-order valence-corrected chi connectivity index (χ0v) is 19.7. The van der Waals surface area contributed by atoms with Gasteiger partial charge in [0.15, 0.2) is 0 Å². The van der Waals surface area contributed by atoms with Crippen LogP contribution in [-0.2, 0) is 19.1 Å². The molecule has 1 aliphatic carbocycles. The molecule has 1 aromatic rings. The first kappa shape index (κ1) is 27.4. The van der Waals surface area contributed by atoms with E-state index >= 15 is 0 Å². The third-order valence-electron chi connectivity index (χ3n) is 5.56. The number of esters is 2. The van der Waals surface area contributed by atoms with E-state index in [4.69, 9.17) is 4.74 Å². The maximum atomic E-state index is 11.7. The molecule has 178 valence electrons. The van der Waals surface area contributed by atoms with Crippen LogP contribution in [0.3, 0.4) is 0 Å². The van der Waals surface area contributed by atoms with Crippen molar-refractivity contribution >= 4 is 17.7 Å². The summed E-state index contributed by atoms with van der Waals surface area (Å²) in [6, 6.07) is 6.36. The first-order valence-corrected chi connectivity index (χ1v) is 11.6. The van der Waals surface area contributed by atoms with Crippen molar-refractivity contribution in [2.45, 2.75) is 71.6 Å². The number of hydrogen-bond donors (Lipinski definition) is 1. The number of benzene rings is 1. The highest BCUT2D eigenvalue weighted by atomic mass is 16.5. The van der Waals surface area contributed by atoms with Gasteiger partial charge >= 0.3 is 11.9 Å². The Balaban J connectivity index is 0.000000320. The van der Waals surface area contributed by atoms with E-state index in [1.54, 1.807) is 18.2 Å². The van der Waals surface area contributed by atoms with Gasteiger partial charge in [-0.05, 0) is 43.7 Å². The number of methoxy groups -OCH3 is 1. The van der Waals surface area contributed by atoms with Crippen molar-refractivity contribution in [1.29, 1.82) is 0 Å². The van der Waals surface area contributed by atoms with E-state index in [-0.39, 0.29) is 29.1 Å². The van der Waals surface area contributed by atoms with Crippen molar-refractivity contribution in [3.05, 3.63) is 42.0 Å². The van der Waals surface area contributed by atoms with Crippen molar-refractivity contribution in [3.8, 4) is 5.75 Å². The maximum Gasteiger partial charge on any atom is 0.341 e. The molecular weight excluding hydrogens is 408 g/mol. The molecule has 0 aliphatic heterocycles. The molecule has 2 unspecified atom stereocenters. The fourth-order valence-electron chi connectivity index (χ4n) is 3.76. The molecule has 0 bridgehead atoms. The first-order chi connectivity index (χ1) is 15.4. The fourth-order valence-corrected chi connectivity index (χ4v) is 3.76. The molecule has 0 saturated heterocycles. The van der Waals surface area contributed by atoms with E-state index in [0.29, 0.717) is 31.7 Å². The molecule has 0 heterocycles. The lowest BCUT2D eigenvalue weighted by molar-refractivity contribution is -0.142. The fraction of sp³-hybridized carbons (Fsp3) is 0.577. The maximum absolute atomic E-state index is 11.7. The van der Waals surface area contributed by atoms with Gasteiger partial charge in [-0.2, -0.15) is 0 Å². The van der Waals surface area contributed by atoms with Crippen LogP contribution >= 0.6 is 0 Å². The summed E-state index contributed by atoms with van der Waals surface area (Å²) in [7, 11) is 1.41. The molecule has 1 saturated carbocycles. The average Bonchev–Trinajstić information content (AvgIpc) is 3.13. The Morgan fingerprint density at radius 2 is 1.91 bits per heavy atom. The summed E-state index contributed by atoms with van der Waals surface area (Å²) in [5.74, 6) is -0.00717. The van der Waals surface area contributed by atoms with Gasteiger partial charge < -0.3 is 14.6 Å². The van der Waals surface area contributed by atoms with Crippen molar-refractivity contribution < 1.29 is 29.0 Å². The number of carbonyl (C=O) groups is 3. The number of Topliss-reactive ketones (excluding diaryl/α,β-unsaturated/α-hetero) is 1.